The molecule has 1 aromatic rings. The van der Waals surface area contributed by atoms with Crippen LogP contribution in [0.15, 0.2) is 18.2 Å². The molecule has 20 heavy (non-hydrogen) atoms. The van der Waals surface area contributed by atoms with E-state index < -0.39 is 0 Å². The van der Waals surface area contributed by atoms with E-state index in [9.17, 15) is 0 Å². The number of benzene rings is 1. The first-order valence-corrected chi connectivity index (χ1v) is 7.39. The lowest BCUT2D eigenvalue weighted by molar-refractivity contribution is 0.193. The van der Waals surface area contributed by atoms with Gasteiger partial charge in [0.1, 0.15) is 0 Å². The van der Waals surface area contributed by atoms with E-state index in [1.54, 1.807) is 7.11 Å². The Kier molecular flexibility index (Phi) is 6.10. The predicted octanol–water partition coefficient (Wildman–Crippen LogP) is 2.30. The molecule has 1 aliphatic rings. The fourth-order valence-corrected chi connectivity index (χ4v) is 2.70. The van der Waals surface area contributed by atoms with Crippen molar-refractivity contribution in [2.45, 2.75) is 19.0 Å². The normalized spacial score (nSPS) is 18.4. The zero-order valence-corrected chi connectivity index (χ0v) is 12.9. The summed E-state index contributed by atoms with van der Waals surface area (Å²) in [6, 6.07) is 6.50. The van der Waals surface area contributed by atoms with Gasteiger partial charge in [0.2, 0.25) is 0 Å². The zero-order valence-electron chi connectivity index (χ0n) is 12.2. The summed E-state index contributed by atoms with van der Waals surface area (Å²) >= 11 is 6.36. The van der Waals surface area contributed by atoms with E-state index in [2.05, 4.69) is 23.3 Å². The predicted molar refractivity (Wildman–Crippen MR) is 82.7 cm³/mol. The Morgan fingerprint density at radius 1 is 1.50 bits per heavy atom. The number of halogens is 1. The molecule has 0 radical (unpaired) electrons. The van der Waals surface area contributed by atoms with Gasteiger partial charge in [-0.25, -0.2) is 0 Å². The minimum absolute atomic E-state index is 0.436. The molecule has 1 unspecified atom stereocenters. The van der Waals surface area contributed by atoms with Gasteiger partial charge >= 0.3 is 0 Å². The largest absolute Gasteiger partial charge is 0.383 e. The lowest BCUT2D eigenvalue weighted by Crippen LogP contribution is -2.33. The number of nitrogens with one attached hydrogen (secondary N) is 1. The van der Waals surface area contributed by atoms with Crippen LogP contribution >= 0.6 is 11.6 Å². The molecular weight excluding hydrogens is 276 g/mol. The standard InChI is InChI=1S/C15H23ClN2O2/c1-18(12-6-8-20-11-12)15-5-3-4-14(16)13(15)10-17-7-9-19-2/h3-5,12,17H,6-11H2,1-2H3. The van der Waals surface area contributed by atoms with E-state index in [0.717, 1.165) is 43.3 Å². The van der Waals surface area contributed by atoms with Gasteiger partial charge in [0, 0.05) is 50.1 Å². The summed E-state index contributed by atoms with van der Waals surface area (Å²) in [6.07, 6.45) is 1.07. The third kappa shape index (κ3) is 3.85. The van der Waals surface area contributed by atoms with Crippen LogP contribution < -0.4 is 10.2 Å². The summed E-state index contributed by atoms with van der Waals surface area (Å²) in [6.45, 7) is 3.90. The van der Waals surface area contributed by atoms with Crippen molar-refractivity contribution in [3.05, 3.63) is 28.8 Å². The van der Waals surface area contributed by atoms with Gasteiger partial charge in [-0.15, -0.1) is 0 Å². The van der Waals surface area contributed by atoms with Gasteiger partial charge in [-0.05, 0) is 18.6 Å². The Morgan fingerprint density at radius 3 is 3.05 bits per heavy atom. The minimum Gasteiger partial charge on any atom is -0.383 e. The molecule has 0 aromatic heterocycles. The maximum absolute atomic E-state index is 6.36. The van der Waals surface area contributed by atoms with Crippen LogP contribution in [0, 0.1) is 0 Å². The number of anilines is 1. The van der Waals surface area contributed by atoms with Crippen molar-refractivity contribution in [2.75, 3.05) is 45.4 Å². The summed E-state index contributed by atoms with van der Waals surface area (Å²) in [7, 11) is 3.82. The van der Waals surface area contributed by atoms with Crippen LogP contribution in [0.3, 0.4) is 0 Å². The molecule has 1 fully saturated rings. The van der Waals surface area contributed by atoms with E-state index in [1.807, 2.05) is 12.1 Å². The minimum atomic E-state index is 0.436. The molecule has 0 amide bonds. The van der Waals surface area contributed by atoms with E-state index in [1.165, 1.54) is 5.69 Å². The van der Waals surface area contributed by atoms with Gasteiger partial charge in [-0.3, -0.25) is 0 Å². The van der Waals surface area contributed by atoms with Gasteiger partial charge in [0.05, 0.1) is 19.3 Å². The highest BCUT2D eigenvalue weighted by atomic mass is 35.5. The maximum Gasteiger partial charge on any atom is 0.0670 e. The van der Waals surface area contributed by atoms with Crippen LogP contribution in [0.25, 0.3) is 0 Å². The second-order valence-electron chi connectivity index (χ2n) is 5.04. The summed E-state index contributed by atoms with van der Waals surface area (Å²) < 4.78 is 10.5. The molecule has 1 aromatic carbocycles. The van der Waals surface area contributed by atoms with Gasteiger partial charge in [0.25, 0.3) is 0 Å². The Bertz CT molecular complexity index is 422. The molecule has 0 saturated carbocycles. The smallest absolute Gasteiger partial charge is 0.0670 e. The average molecular weight is 299 g/mol. The van der Waals surface area contributed by atoms with Crippen molar-refractivity contribution in [3.8, 4) is 0 Å². The molecule has 0 aliphatic carbocycles. The lowest BCUT2D eigenvalue weighted by atomic mass is 10.1. The second-order valence-corrected chi connectivity index (χ2v) is 5.44. The van der Waals surface area contributed by atoms with Crippen molar-refractivity contribution < 1.29 is 9.47 Å². The first-order valence-electron chi connectivity index (χ1n) is 7.01. The molecule has 1 heterocycles. The lowest BCUT2D eigenvalue weighted by Gasteiger charge is -2.28. The first-order chi connectivity index (χ1) is 9.74. The summed E-state index contributed by atoms with van der Waals surface area (Å²) in [5.41, 5.74) is 2.32. The maximum atomic E-state index is 6.36. The van der Waals surface area contributed by atoms with Crippen molar-refractivity contribution in [2.24, 2.45) is 0 Å². The molecule has 0 bridgehead atoms. The summed E-state index contributed by atoms with van der Waals surface area (Å²) in [5.74, 6) is 0. The zero-order chi connectivity index (χ0) is 14.4. The highest BCUT2D eigenvalue weighted by Gasteiger charge is 2.22. The molecule has 1 atom stereocenters. The first kappa shape index (κ1) is 15.6. The Balaban J connectivity index is 2.08. The van der Waals surface area contributed by atoms with E-state index >= 15 is 0 Å². The average Bonchev–Trinajstić information content (AvgIpc) is 2.98. The third-order valence-corrected chi connectivity index (χ3v) is 4.07. The van der Waals surface area contributed by atoms with Crippen LogP contribution in [-0.2, 0) is 16.0 Å². The fourth-order valence-electron chi connectivity index (χ4n) is 2.46. The van der Waals surface area contributed by atoms with Crippen LogP contribution in [0.5, 0.6) is 0 Å². The third-order valence-electron chi connectivity index (χ3n) is 3.71. The number of hydrogen-bond acceptors (Lipinski definition) is 4. The molecule has 2 rings (SSSR count). The molecule has 5 heteroatoms. The fraction of sp³-hybridized carbons (Fsp3) is 0.600. The van der Waals surface area contributed by atoms with Crippen molar-refractivity contribution in [1.82, 2.24) is 5.32 Å². The van der Waals surface area contributed by atoms with Crippen molar-refractivity contribution in [1.29, 1.82) is 0 Å². The van der Waals surface area contributed by atoms with E-state index in [4.69, 9.17) is 21.1 Å². The highest BCUT2D eigenvalue weighted by Crippen LogP contribution is 2.29. The second kappa shape index (κ2) is 7.84. The molecular formula is C15H23ClN2O2. The van der Waals surface area contributed by atoms with Crippen LogP contribution in [0.2, 0.25) is 5.02 Å². The van der Waals surface area contributed by atoms with Gasteiger partial charge in [0.15, 0.2) is 0 Å². The topological polar surface area (TPSA) is 33.7 Å². The Hall–Kier alpha value is -0.810. The van der Waals surface area contributed by atoms with Crippen molar-refractivity contribution in [3.63, 3.8) is 0 Å². The molecule has 1 N–H and O–H groups in total. The molecule has 4 nitrogen and oxygen atoms in total. The Morgan fingerprint density at radius 2 is 2.35 bits per heavy atom. The summed E-state index contributed by atoms with van der Waals surface area (Å²) in [5, 5.41) is 4.17. The monoisotopic (exact) mass is 298 g/mol. The van der Waals surface area contributed by atoms with E-state index in [0.29, 0.717) is 12.6 Å². The number of ether oxygens (including phenoxy) is 2. The molecule has 112 valence electrons. The molecule has 0 spiro atoms. The number of likely N-dealkylation sites (N-methyl/N-ethyl adjacent to an activating group) is 1. The van der Waals surface area contributed by atoms with Gasteiger partial charge < -0.3 is 19.7 Å². The van der Waals surface area contributed by atoms with Gasteiger partial charge in [-0.2, -0.15) is 0 Å². The highest BCUT2D eigenvalue weighted by molar-refractivity contribution is 6.31. The summed E-state index contributed by atoms with van der Waals surface area (Å²) in [4.78, 5) is 2.28. The SMILES string of the molecule is COCCNCc1c(Cl)cccc1N(C)C1CCOC1. The number of methoxy groups -OCH3 is 1. The molecule has 1 saturated heterocycles. The van der Waals surface area contributed by atoms with Crippen LogP contribution in [0.4, 0.5) is 5.69 Å². The van der Waals surface area contributed by atoms with Gasteiger partial charge in [-0.1, -0.05) is 17.7 Å². The number of rotatable bonds is 7. The quantitative estimate of drug-likeness (QED) is 0.783. The molecule has 1 aliphatic heterocycles. The van der Waals surface area contributed by atoms with Crippen LogP contribution in [-0.4, -0.2) is 46.6 Å². The van der Waals surface area contributed by atoms with Crippen molar-refractivity contribution >= 4 is 17.3 Å². The number of nitrogens with zero attached hydrogens (tertiary/aromatic N) is 1. The Labute approximate surface area is 126 Å². The van der Waals surface area contributed by atoms with E-state index in [-0.39, 0.29) is 0 Å². The number of hydrogen-bond donors (Lipinski definition) is 1. The van der Waals surface area contributed by atoms with Crippen LogP contribution in [0.1, 0.15) is 12.0 Å².